The van der Waals surface area contributed by atoms with Crippen LogP contribution in [0.3, 0.4) is 0 Å². The van der Waals surface area contributed by atoms with Gasteiger partial charge in [0.1, 0.15) is 10.3 Å². The quantitative estimate of drug-likeness (QED) is 0.748. The first kappa shape index (κ1) is 11.7. The number of aromatic nitrogens is 3. The van der Waals surface area contributed by atoms with Crippen LogP contribution in [-0.2, 0) is 16.9 Å². The number of hydrogen-bond acceptors (Lipinski definition) is 4. The van der Waals surface area contributed by atoms with E-state index in [0.717, 1.165) is 16.0 Å². The molecule has 0 spiro atoms. The fourth-order valence-corrected chi connectivity index (χ4v) is 3.61. The number of pyridine rings is 1. The zero-order valence-electron chi connectivity index (χ0n) is 9.71. The average molecular weight is 277 g/mol. The number of thiophene rings is 1. The lowest BCUT2D eigenvalue weighted by Crippen LogP contribution is -2.08. The average Bonchev–Trinajstić information content (AvgIpc) is 2.87. The smallest absolute Gasteiger partial charge is 0.322 e. The van der Waals surface area contributed by atoms with Gasteiger partial charge in [-0.3, -0.25) is 9.97 Å². The highest BCUT2D eigenvalue weighted by molar-refractivity contribution is 7.90. The van der Waals surface area contributed by atoms with E-state index >= 15 is 0 Å². The molecule has 1 atom stereocenters. The maximum absolute atomic E-state index is 12.1. The van der Waals surface area contributed by atoms with E-state index in [2.05, 4.69) is 15.0 Å². The van der Waals surface area contributed by atoms with Crippen molar-refractivity contribution >= 4 is 32.9 Å². The van der Waals surface area contributed by atoms with Crippen molar-refractivity contribution in [1.29, 1.82) is 0 Å². The van der Waals surface area contributed by atoms with Crippen molar-refractivity contribution in [3.05, 3.63) is 41.0 Å². The molecule has 6 heteroatoms. The topological polar surface area (TPSA) is 64.6 Å². The number of aromatic amines is 1. The normalized spacial score (nSPS) is 13.0. The minimum Gasteiger partial charge on any atom is -0.609 e. The Kier molecular flexibility index (Phi) is 3.07. The Balaban J connectivity index is 1.83. The van der Waals surface area contributed by atoms with E-state index in [1.807, 2.05) is 31.2 Å². The largest absolute Gasteiger partial charge is 0.609 e. The SMILES string of the molecule is Cc1cc2nc([S+]([O-])Cc3ccccn3)[nH]c2s1. The van der Waals surface area contributed by atoms with E-state index in [0.29, 0.717) is 10.9 Å². The van der Waals surface area contributed by atoms with E-state index in [1.54, 1.807) is 17.5 Å². The third kappa shape index (κ3) is 2.27. The van der Waals surface area contributed by atoms with Crippen LogP contribution in [0.1, 0.15) is 10.6 Å². The summed E-state index contributed by atoms with van der Waals surface area (Å²) < 4.78 is 12.1. The summed E-state index contributed by atoms with van der Waals surface area (Å²) in [4.78, 5) is 13.8. The van der Waals surface area contributed by atoms with E-state index in [4.69, 9.17) is 0 Å². The van der Waals surface area contributed by atoms with Crippen LogP contribution in [0.15, 0.2) is 35.6 Å². The molecular weight excluding hydrogens is 266 g/mol. The third-order valence-electron chi connectivity index (χ3n) is 2.50. The number of imidazole rings is 1. The summed E-state index contributed by atoms with van der Waals surface area (Å²) in [5.41, 5.74) is 1.70. The lowest BCUT2D eigenvalue weighted by atomic mass is 10.4. The number of nitrogens with one attached hydrogen (secondary N) is 1. The summed E-state index contributed by atoms with van der Waals surface area (Å²) >= 11 is 0.454. The molecule has 0 saturated carbocycles. The van der Waals surface area contributed by atoms with Crippen LogP contribution in [0, 0.1) is 6.92 Å². The standard InChI is InChI=1S/C12H11N3OS2/c1-8-6-10-11(17-8)15-12(14-10)18(16)7-9-4-2-3-5-13-9/h2-6H,7H2,1H3,(H,14,15). The van der Waals surface area contributed by atoms with Crippen molar-refractivity contribution in [2.24, 2.45) is 0 Å². The van der Waals surface area contributed by atoms with Gasteiger partial charge in [-0.15, -0.1) is 11.3 Å². The zero-order chi connectivity index (χ0) is 12.5. The molecule has 0 aliphatic rings. The Morgan fingerprint density at radius 3 is 3.06 bits per heavy atom. The molecule has 4 nitrogen and oxygen atoms in total. The molecule has 0 amide bonds. The predicted octanol–water partition coefficient (Wildman–Crippen LogP) is 2.64. The number of H-pyrrole nitrogens is 1. The number of rotatable bonds is 3. The van der Waals surface area contributed by atoms with Gasteiger partial charge >= 0.3 is 5.16 Å². The molecule has 0 bridgehead atoms. The minimum atomic E-state index is -1.17. The number of aryl methyl sites for hydroxylation is 1. The summed E-state index contributed by atoms with van der Waals surface area (Å²) in [6.45, 7) is 2.03. The fraction of sp³-hybridized carbons (Fsp3) is 0.167. The Hall–Kier alpha value is -1.37. The van der Waals surface area contributed by atoms with Gasteiger partial charge in [-0.25, -0.2) is 0 Å². The Labute approximate surface area is 111 Å². The third-order valence-corrected chi connectivity index (χ3v) is 4.64. The van der Waals surface area contributed by atoms with Gasteiger partial charge in [0.2, 0.25) is 0 Å². The maximum atomic E-state index is 12.1. The first-order valence-corrected chi connectivity index (χ1v) is 7.60. The predicted molar refractivity (Wildman–Crippen MR) is 73.1 cm³/mol. The van der Waals surface area contributed by atoms with Gasteiger partial charge in [-0.1, -0.05) is 6.07 Å². The maximum Gasteiger partial charge on any atom is 0.322 e. The highest BCUT2D eigenvalue weighted by atomic mass is 32.2. The number of hydrogen-bond donors (Lipinski definition) is 1. The van der Waals surface area contributed by atoms with Gasteiger partial charge < -0.3 is 4.55 Å². The second kappa shape index (κ2) is 4.72. The fourth-order valence-electron chi connectivity index (χ4n) is 1.70. The van der Waals surface area contributed by atoms with E-state index in [-0.39, 0.29) is 0 Å². The van der Waals surface area contributed by atoms with Crippen LogP contribution in [0.5, 0.6) is 0 Å². The Morgan fingerprint density at radius 1 is 1.44 bits per heavy atom. The molecule has 92 valence electrons. The molecule has 3 rings (SSSR count). The molecule has 3 heterocycles. The molecule has 0 aliphatic carbocycles. The van der Waals surface area contributed by atoms with Crippen molar-refractivity contribution in [3.8, 4) is 0 Å². The molecule has 0 radical (unpaired) electrons. The number of fused-ring (bicyclic) bond motifs is 1. The van der Waals surface area contributed by atoms with E-state index in [1.165, 1.54) is 4.88 Å². The van der Waals surface area contributed by atoms with Crippen LogP contribution in [0.2, 0.25) is 0 Å². The van der Waals surface area contributed by atoms with Gasteiger partial charge in [0, 0.05) is 22.2 Å². The summed E-state index contributed by atoms with van der Waals surface area (Å²) in [6.07, 6.45) is 1.70. The number of nitrogens with zero attached hydrogens (tertiary/aromatic N) is 2. The molecule has 3 aromatic rings. The lowest BCUT2D eigenvalue weighted by molar-refractivity contribution is 0.587. The van der Waals surface area contributed by atoms with Gasteiger partial charge in [0.25, 0.3) is 0 Å². The molecule has 0 saturated heterocycles. The molecule has 1 N–H and O–H groups in total. The molecule has 18 heavy (non-hydrogen) atoms. The highest BCUT2D eigenvalue weighted by Crippen LogP contribution is 2.25. The van der Waals surface area contributed by atoms with Crippen LogP contribution < -0.4 is 0 Å². The second-order valence-corrected chi connectivity index (χ2v) is 6.55. The monoisotopic (exact) mass is 277 g/mol. The van der Waals surface area contributed by atoms with Crippen molar-refractivity contribution in [2.45, 2.75) is 17.8 Å². The summed E-state index contributed by atoms with van der Waals surface area (Å²) in [5.74, 6) is 0.389. The van der Waals surface area contributed by atoms with Crippen molar-refractivity contribution < 1.29 is 4.55 Å². The van der Waals surface area contributed by atoms with Gasteiger partial charge in [-0.05, 0) is 25.1 Å². The first-order valence-electron chi connectivity index (χ1n) is 5.47. The summed E-state index contributed by atoms with van der Waals surface area (Å²) in [6, 6.07) is 7.60. The molecular formula is C12H11N3OS2. The molecule has 0 fully saturated rings. The van der Waals surface area contributed by atoms with Crippen LogP contribution >= 0.6 is 11.3 Å². The van der Waals surface area contributed by atoms with Crippen LogP contribution in [0.4, 0.5) is 0 Å². The van der Waals surface area contributed by atoms with Gasteiger partial charge in [-0.2, -0.15) is 4.98 Å². The molecule has 3 aromatic heterocycles. The lowest BCUT2D eigenvalue weighted by Gasteiger charge is -2.05. The molecule has 0 aromatic carbocycles. The summed E-state index contributed by atoms with van der Waals surface area (Å²) in [7, 11) is 0. The van der Waals surface area contributed by atoms with Crippen LogP contribution in [-0.4, -0.2) is 19.5 Å². The molecule has 0 aliphatic heterocycles. The minimum absolute atomic E-state index is 0.389. The Morgan fingerprint density at radius 2 is 2.33 bits per heavy atom. The molecule has 1 unspecified atom stereocenters. The van der Waals surface area contributed by atoms with Gasteiger partial charge in [0.15, 0.2) is 5.75 Å². The van der Waals surface area contributed by atoms with E-state index in [9.17, 15) is 4.55 Å². The zero-order valence-corrected chi connectivity index (χ0v) is 11.3. The highest BCUT2D eigenvalue weighted by Gasteiger charge is 2.18. The van der Waals surface area contributed by atoms with Crippen molar-refractivity contribution in [1.82, 2.24) is 15.0 Å². The van der Waals surface area contributed by atoms with E-state index < -0.39 is 11.2 Å². The first-order chi connectivity index (χ1) is 8.72. The summed E-state index contributed by atoms with van der Waals surface area (Å²) in [5, 5.41) is 0.530. The van der Waals surface area contributed by atoms with Crippen LogP contribution in [0.25, 0.3) is 10.3 Å². The van der Waals surface area contributed by atoms with Crippen molar-refractivity contribution in [3.63, 3.8) is 0 Å². The van der Waals surface area contributed by atoms with Crippen molar-refractivity contribution in [2.75, 3.05) is 0 Å². The van der Waals surface area contributed by atoms with Gasteiger partial charge in [0.05, 0.1) is 5.69 Å². The second-order valence-electron chi connectivity index (χ2n) is 3.92. The Bertz CT molecular complexity index is 631.